The summed E-state index contributed by atoms with van der Waals surface area (Å²) in [7, 11) is 3.82. The van der Waals surface area contributed by atoms with Crippen molar-refractivity contribution in [2.45, 2.75) is 10.8 Å². The Morgan fingerprint density at radius 2 is 1.80 bits per heavy atom. The first kappa shape index (κ1) is 13.1. The molecule has 3 heteroatoms. The number of nitrogens with zero attached hydrogens (tertiary/aromatic N) is 1. The van der Waals surface area contributed by atoms with Crippen LogP contribution in [-0.4, -0.2) is 11.7 Å². The topological polar surface area (TPSA) is 14.2 Å². The second-order valence-corrected chi connectivity index (χ2v) is 5.73. The lowest BCUT2D eigenvalue weighted by atomic mass is 10.2. The summed E-state index contributed by atoms with van der Waals surface area (Å²) in [5.41, 5.74) is 2.59. The van der Waals surface area contributed by atoms with Gasteiger partial charge in [-0.15, -0.1) is 11.8 Å². The zero-order valence-corrected chi connectivity index (χ0v) is 12.5. The van der Waals surface area contributed by atoms with Crippen LogP contribution in [0.2, 0.25) is 0 Å². The van der Waals surface area contributed by atoms with Crippen LogP contribution in [0.25, 0.3) is 10.9 Å². The molecule has 0 aliphatic rings. The highest BCUT2D eigenvalue weighted by Crippen LogP contribution is 2.29. The molecule has 2 aromatic carbocycles. The number of para-hydroxylation sites is 1. The standard InChI is InChI=1S/C17H17NOS/c1-18-16-6-4-3-5-14(16)11-17(18)20-12-13-7-9-15(19-2)10-8-13/h3-11H,12H2,1-2H3. The molecule has 102 valence electrons. The number of hydrogen-bond donors (Lipinski definition) is 0. The molecule has 0 N–H and O–H groups in total. The van der Waals surface area contributed by atoms with E-state index in [9.17, 15) is 0 Å². The first-order valence-electron chi connectivity index (χ1n) is 6.58. The minimum atomic E-state index is 0.906. The Morgan fingerprint density at radius 3 is 2.50 bits per heavy atom. The highest BCUT2D eigenvalue weighted by atomic mass is 32.2. The molecule has 20 heavy (non-hydrogen) atoms. The summed E-state index contributed by atoms with van der Waals surface area (Å²) in [4.78, 5) is 0. The maximum absolute atomic E-state index is 5.18. The number of ether oxygens (including phenoxy) is 1. The van der Waals surface area contributed by atoms with Gasteiger partial charge in [0.25, 0.3) is 0 Å². The molecule has 0 fully saturated rings. The summed E-state index contributed by atoms with van der Waals surface area (Å²) in [5, 5.41) is 2.59. The normalized spacial score (nSPS) is 10.9. The van der Waals surface area contributed by atoms with Gasteiger partial charge in [-0.05, 0) is 29.8 Å². The third-order valence-electron chi connectivity index (χ3n) is 3.45. The molecule has 3 rings (SSSR count). The van der Waals surface area contributed by atoms with Crippen LogP contribution in [0.5, 0.6) is 5.75 Å². The van der Waals surface area contributed by atoms with Crippen LogP contribution in [-0.2, 0) is 12.8 Å². The largest absolute Gasteiger partial charge is 0.497 e. The molecule has 0 unspecified atom stereocenters. The van der Waals surface area contributed by atoms with Crippen molar-refractivity contribution in [2.75, 3.05) is 7.11 Å². The van der Waals surface area contributed by atoms with Crippen LogP contribution in [0.3, 0.4) is 0 Å². The minimum absolute atomic E-state index is 0.906. The summed E-state index contributed by atoms with van der Waals surface area (Å²) < 4.78 is 7.43. The Bertz CT molecular complexity index is 715. The third-order valence-corrected chi connectivity index (χ3v) is 4.62. The number of methoxy groups -OCH3 is 1. The third kappa shape index (κ3) is 2.54. The van der Waals surface area contributed by atoms with E-state index in [1.165, 1.54) is 21.5 Å². The lowest BCUT2D eigenvalue weighted by Gasteiger charge is -2.05. The maximum atomic E-state index is 5.18. The van der Waals surface area contributed by atoms with Crippen molar-refractivity contribution in [3.8, 4) is 5.75 Å². The molecule has 0 aliphatic heterocycles. The number of hydrogen-bond acceptors (Lipinski definition) is 2. The maximum Gasteiger partial charge on any atom is 0.118 e. The monoisotopic (exact) mass is 283 g/mol. The average Bonchev–Trinajstić information content (AvgIpc) is 2.83. The Balaban J connectivity index is 1.77. The van der Waals surface area contributed by atoms with E-state index in [0.29, 0.717) is 0 Å². The van der Waals surface area contributed by atoms with Gasteiger partial charge >= 0.3 is 0 Å². The van der Waals surface area contributed by atoms with Crippen LogP contribution >= 0.6 is 11.8 Å². The van der Waals surface area contributed by atoms with Crippen molar-refractivity contribution >= 4 is 22.7 Å². The van der Waals surface area contributed by atoms with Crippen LogP contribution < -0.4 is 4.74 Å². The molecule has 0 radical (unpaired) electrons. The van der Waals surface area contributed by atoms with Gasteiger partial charge in [-0.2, -0.15) is 0 Å². The quantitative estimate of drug-likeness (QED) is 0.655. The number of fused-ring (bicyclic) bond motifs is 1. The highest BCUT2D eigenvalue weighted by Gasteiger charge is 2.05. The fraction of sp³-hybridized carbons (Fsp3) is 0.176. The molecule has 2 nitrogen and oxygen atoms in total. The van der Waals surface area contributed by atoms with Gasteiger partial charge in [0.2, 0.25) is 0 Å². The van der Waals surface area contributed by atoms with E-state index in [1.54, 1.807) is 7.11 Å². The minimum Gasteiger partial charge on any atom is -0.497 e. The number of aryl methyl sites for hydroxylation is 1. The van der Waals surface area contributed by atoms with Crippen molar-refractivity contribution in [1.29, 1.82) is 0 Å². The first-order chi connectivity index (χ1) is 9.78. The summed E-state index contributed by atoms with van der Waals surface area (Å²) in [5.74, 6) is 1.87. The average molecular weight is 283 g/mol. The molecular weight excluding hydrogens is 266 g/mol. The molecule has 0 aliphatic carbocycles. The summed E-state index contributed by atoms with van der Waals surface area (Å²) in [6, 6.07) is 19.0. The Hall–Kier alpha value is -1.87. The van der Waals surface area contributed by atoms with E-state index in [-0.39, 0.29) is 0 Å². The van der Waals surface area contributed by atoms with E-state index in [0.717, 1.165) is 11.5 Å². The van der Waals surface area contributed by atoms with Crippen LogP contribution in [0.15, 0.2) is 59.6 Å². The van der Waals surface area contributed by atoms with Crippen LogP contribution in [0.1, 0.15) is 5.56 Å². The molecule has 0 bridgehead atoms. The van der Waals surface area contributed by atoms with Gasteiger partial charge in [0.15, 0.2) is 0 Å². The van der Waals surface area contributed by atoms with Gasteiger partial charge in [-0.25, -0.2) is 0 Å². The molecule has 1 aromatic heterocycles. The van der Waals surface area contributed by atoms with Crippen LogP contribution in [0, 0.1) is 0 Å². The fourth-order valence-corrected chi connectivity index (χ4v) is 3.29. The zero-order chi connectivity index (χ0) is 13.9. The van der Waals surface area contributed by atoms with Gasteiger partial charge in [0.05, 0.1) is 12.1 Å². The van der Waals surface area contributed by atoms with Gasteiger partial charge < -0.3 is 9.30 Å². The van der Waals surface area contributed by atoms with Gasteiger partial charge in [-0.3, -0.25) is 0 Å². The molecule has 0 spiro atoms. The summed E-state index contributed by atoms with van der Waals surface area (Å²) in [6.45, 7) is 0. The molecule has 1 heterocycles. The lowest BCUT2D eigenvalue weighted by molar-refractivity contribution is 0.414. The number of thioether (sulfide) groups is 1. The van der Waals surface area contributed by atoms with Crippen molar-refractivity contribution in [2.24, 2.45) is 7.05 Å². The fourth-order valence-electron chi connectivity index (χ4n) is 2.28. The summed E-state index contributed by atoms with van der Waals surface area (Å²) >= 11 is 1.86. The zero-order valence-electron chi connectivity index (χ0n) is 11.7. The Morgan fingerprint density at radius 1 is 1.05 bits per heavy atom. The van der Waals surface area contributed by atoms with Crippen LogP contribution in [0.4, 0.5) is 0 Å². The number of aromatic nitrogens is 1. The van der Waals surface area contributed by atoms with Gasteiger partial charge in [-0.1, -0.05) is 30.3 Å². The van der Waals surface area contributed by atoms with Gasteiger partial charge in [0.1, 0.15) is 5.75 Å². The van der Waals surface area contributed by atoms with E-state index in [2.05, 4.69) is 54.1 Å². The molecule has 0 amide bonds. The Kier molecular flexibility index (Phi) is 3.70. The molecule has 0 atom stereocenters. The molecule has 0 saturated heterocycles. The van der Waals surface area contributed by atoms with Crippen molar-refractivity contribution in [3.63, 3.8) is 0 Å². The van der Waals surface area contributed by atoms with E-state index < -0.39 is 0 Å². The number of rotatable bonds is 4. The first-order valence-corrected chi connectivity index (χ1v) is 7.56. The van der Waals surface area contributed by atoms with E-state index >= 15 is 0 Å². The van der Waals surface area contributed by atoms with Crippen molar-refractivity contribution in [1.82, 2.24) is 4.57 Å². The predicted molar refractivity (Wildman–Crippen MR) is 85.5 cm³/mol. The Labute approximate surface area is 123 Å². The highest BCUT2D eigenvalue weighted by molar-refractivity contribution is 7.98. The van der Waals surface area contributed by atoms with Crippen molar-refractivity contribution < 1.29 is 4.74 Å². The smallest absolute Gasteiger partial charge is 0.118 e. The molecule has 3 aromatic rings. The lowest BCUT2D eigenvalue weighted by Crippen LogP contribution is -1.90. The number of benzene rings is 2. The second kappa shape index (κ2) is 5.63. The van der Waals surface area contributed by atoms with E-state index in [4.69, 9.17) is 4.74 Å². The second-order valence-electron chi connectivity index (χ2n) is 4.74. The molecular formula is C17H17NOS. The predicted octanol–water partition coefficient (Wildman–Crippen LogP) is 4.48. The van der Waals surface area contributed by atoms with Gasteiger partial charge in [0, 0.05) is 23.7 Å². The molecule has 0 saturated carbocycles. The summed E-state index contributed by atoms with van der Waals surface area (Å²) in [6.07, 6.45) is 0. The van der Waals surface area contributed by atoms with Crippen molar-refractivity contribution in [3.05, 3.63) is 60.2 Å². The van der Waals surface area contributed by atoms with E-state index in [1.807, 2.05) is 23.9 Å². The SMILES string of the molecule is COc1ccc(CSc2cc3ccccc3n2C)cc1.